The lowest BCUT2D eigenvalue weighted by Crippen LogP contribution is -2.47. The molecule has 1 aliphatic heterocycles. The van der Waals surface area contributed by atoms with E-state index in [2.05, 4.69) is 46.4 Å². The topological polar surface area (TPSA) is 30.9 Å². The van der Waals surface area contributed by atoms with Crippen molar-refractivity contribution in [2.24, 2.45) is 0 Å². The van der Waals surface area contributed by atoms with Crippen molar-refractivity contribution in [2.45, 2.75) is 103 Å². The zero-order valence-electron chi connectivity index (χ0n) is 16.8. The van der Waals surface area contributed by atoms with Crippen molar-refractivity contribution in [3.8, 4) is 0 Å². The van der Waals surface area contributed by atoms with Crippen LogP contribution in [-0.4, -0.2) is 60.7 Å². The van der Waals surface area contributed by atoms with E-state index in [1.165, 1.54) is 0 Å². The first-order valence-electron chi connectivity index (χ1n) is 9.79. The molecule has 24 heavy (non-hydrogen) atoms. The van der Waals surface area contributed by atoms with Crippen LogP contribution in [0.1, 0.15) is 73.6 Å². The van der Waals surface area contributed by atoms with E-state index in [-0.39, 0.29) is 11.1 Å². The maximum atomic E-state index is 6.03. The first kappa shape index (κ1) is 20.2. The van der Waals surface area contributed by atoms with E-state index in [0.29, 0.717) is 18.3 Å². The van der Waals surface area contributed by atoms with Crippen LogP contribution < -0.4 is 0 Å². The van der Waals surface area contributed by atoms with E-state index >= 15 is 0 Å². The lowest BCUT2D eigenvalue weighted by Gasteiger charge is -2.40. The maximum Gasteiger partial charge on any atom is 0.0631 e. The Balaban J connectivity index is 1.45. The summed E-state index contributed by atoms with van der Waals surface area (Å²) in [4.78, 5) is 2.56. The van der Waals surface area contributed by atoms with E-state index in [1.807, 2.05) is 0 Å². The van der Waals surface area contributed by atoms with E-state index in [4.69, 9.17) is 14.2 Å². The quantitative estimate of drug-likeness (QED) is 0.655. The van der Waals surface area contributed by atoms with Gasteiger partial charge < -0.3 is 14.2 Å². The van der Waals surface area contributed by atoms with Crippen molar-refractivity contribution in [2.75, 3.05) is 26.3 Å². The summed E-state index contributed by atoms with van der Waals surface area (Å²) in [5.41, 5.74) is 0.252. The number of piperidine rings is 1. The van der Waals surface area contributed by atoms with Crippen LogP contribution in [0.3, 0.4) is 0 Å². The number of nitrogens with zero attached hydrogens (tertiary/aromatic N) is 1. The van der Waals surface area contributed by atoms with Gasteiger partial charge >= 0.3 is 0 Å². The van der Waals surface area contributed by atoms with Gasteiger partial charge in [-0.05, 0) is 73.6 Å². The van der Waals surface area contributed by atoms with Gasteiger partial charge in [0.2, 0.25) is 0 Å². The van der Waals surface area contributed by atoms with E-state index < -0.39 is 0 Å². The minimum atomic E-state index is -0.0357. The van der Waals surface area contributed by atoms with Crippen molar-refractivity contribution < 1.29 is 14.2 Å². The Morgan fingerprint density at radius 1 is 0.792 bits per heavy atom. The van der Waals surface area contributed by atoms with Crippen LogP contribution in [0.2, 0.25) is 0 Å². The predicted octanol–water partition coefficient (Wildman–Crippen LogP) is 4.02. The molecule has 0 aromatic rings. The first-order valence-corrected chi connectivity index (χ1v) is 9.79. The Kier molecular flexibility index (Phi) is 7.12. The molecule has 2 aliphatic rings. The zero-order valence-corrected chi connectivity index (χ0v) is 16.8. The van der Waals surface area contributed by atoms with Crippen LogP contribution in [-0.2, 0) is 14.2 Å². The molecule has 0 aromatic heterocycles. The summed E-state index contributed by atoms with van der Waals surface area (Å²) in [5.74, 6) is 0. The molecular formula is C20H39NO3. The molecule has 4 nitrogen and oxygen atoms in total. The largest absolute Gasteiger partial charge is 0.378 e. The second-order valence-electron chi connectivity index (χ2n) is 9.40. The second-order valence-corrected chi connectivity index (χ2v) is 9.40. The molecule has 0 spiro atoms. The SMILES string of the molecule is CC(C)(C)OC1CC(OCCCOC2CCN(C(C)(C)C)CC2)C1. The van der Waals surface area contributed by atoms with Crippen molar-refractivity contribution in [1.29, 1.82) is 0 Å². The van der Waals surface area contributed by atoms with Crippen LogP contribution in [0.15, 0.2) is 0 Å². The van der Waals surface area contributed by atoms with Crippen LogP contribution in [0.4, 0.5) is 0 Å². The van der Waals surface area contributed by atoms with Crippen LogP contribution in [0.5, 0.6) is 0 Å². The Morgan fingerprint density at radius 3 is 1.83 bits per heavy atom. The van der Waals surface area contributed by atoms with Crippen LogP contribution in [0.25, 0.3) is 0 Å². The van der Waals surface area contributed by atoms with Gasteiger partial charge in [-0.25, -0.2) is 0 Å². The van der Waals surface area contributed by atoms with Crippen molar-refractivity contribution in [3.05, 3.63) is 0 Å². The molecule has 0 aromatic carbocycles. The van der Waals surface area contributed by atoms with Gasteiger partial charge in [-0.15, -0.1) is 0 Å². The molecule has 0 radical (unpaired) electrons. The van der Waals surface area contributed by atoms with Gasteiger partial charge in [0, 0.05) is 31.8 Å². The number of likely N-dealkylation sites (tertiary alicyclic amines) is 1. The minimum Gasteiger partial charge on any atom is -0.378 e. The van der Waals surface area contributed by atoms with Gasteiger partial charge in [-0.2, -0.15) is 0 Å². The zero-order chi connectivity index (χ0) is 17.8. The molecule has 0 N–H and O–H groups in total. The molecule has 2 fully saturated rings. The molecule has 0 amide bonds. The summed E-state index contributed by atoms with van der Waals surface area (Å²) < 4.78 is 17.9. The summed E-state index contributed by atoms with van der Waals surface area (Å²) in [6.07, 6.45) is 6.63. The summed E-state index contributed by atoms with van der Waals surface area (Å²) in [5, 5.41) is 0. The van der Waals surface area contributed by atoms with Gasteiger partial charge in [0.15, 0.2) is 0 Å². The van der Waals surface area contributed by atoms with E-state index in [1.54, 1.807) is 0 Å². The smallest absolute Gasteiger partial charge is 0.0631 e. The Labute approximate surface area is 149 Å². The number of hydrogen-bond acceptors (Lipinski definition) is 4. The van der Waals surface area contributed by atoms with Gasteiger partial charge in [-0.3, -0.25) is 4.90 Å². The molecule has 0 unspecified atom stereocenters. The normalized spacial score (nSPS) is 27.2. The van der Waals surface area contributed by atoms with Gasteiger partial charge in [0.1, 0.15) is 0 Å². The highest BCUT2D eigenvalue weighted by Crippen LogP contribution is 2.30. The number of ether oxygens (including phenoxy) is 3. The average Bonchev–Trinajstić information content (AvgIpc) is 2.42. The number of rotatable bonds is 7. The highest BCUT2D eigenvalue weighted by Gasteiger charge is 2.33. The van der Waals surface area contributed by atoms with Gasteiger partial charge in [-0.1, -0.05) is 0 Å². The standard InChI is InChI=1S/C20H39NO3/c1-19(2,3)21-10-8-16(9-11-21)22-12-7-13-23-17-14-18(15-17)24-20(4,5)6/h16-18H,7-15H2,1-6H3. The van der Waals surface area contributed by atoms with Gasteiger partial charge in [0.05, 0.1) is 23.9 Å². The molecule has 2 rings (SSSR count). The fourth-order valence-electron chi connectivity index (χ4n) is 3.50. The van der Waals surface area contributed by atoms with Gasteiger partial charge in [0.25, 0.3) is 0 Å². The maximum absolute atomic E-state index is 6.03. The summed E-state index contributed by atoms with van der Waals surface area (Å²) in [7, 11) is 0. The Hall–Kier alpha value is -0.160. The molecule has 0 atom stereocenters. The molecule has 1 saturated heterocycles. The molecule has 1 saturated carbocycles. The Morgan fingerprint density at radius 2 is 1.33 bits per heavy atom. The fraction of sp³-hybridized carbons (Fsp3) is 1.00. The summed E-state index contributed by atoms with van der Waals surface area (Å²) in [6.45, 7) is 17.2. The summed E-state index contributed by atoms with van der Waals surface area (Å²) >= 11 is 0. The van der Waals surface area contributed by atoms with Crippen LogP contribution in [0, 0.1) is 0 Å². The monoisotopic (exact) mass is 341 g/mol. The highest BCUT2D eigenvalue weighted by atomic mass is 16.5. The van der Waals surface area contributed by atoms with Crippen LogP contribution >= 0.6 is 0 Å². The molecule has 142 valence electrons. The third-order valence-electron chi connectivity index (χ3n) is 4.96. The lowest BCUT2D eigenvalue weighted by molar-refractivity contribution is -0.149. The highest BCUT2D eigenvalue weighted by molar-refractivity contribution is 4.83. The molecule has 1 heterocycles. The number of hydrogen-bond donors (Lipinski definition) is 0. The van der Waals surface area contributed by atoms with Crippen molar-refractivity contribution in [3.63, 3.8) is 0 Å². The van der Waals surface area contributed by atoms with Crippen molar-refractivity contribution >= 4 is 0 Å². The Bertz CT molecular complexity index is 358. The van der Waals surface area contributed by atoms with E-state index in [0.717, 1.165) is 58.4 Å². The lowest BCUT2D eigenvalue weighted by atomic mass is 9.91. The minimum absolute atomic E-state index is 0.0357. The third kappa shape index (κ3) is 6.99. The molecule has 0 bridgehead atoms. The first-order chi connectivity index (χ1) is 11.1. The second kappa shape index (κ2) is 8.48. The average molecular weight is 342 g/mol. The fourth-order valence-corrected chi connectivity index (χ4v) is 3.50. The van der Waals surface area contributed by atoms with Crippen molar-refractivity contribution in [1.82, 2.24) is 4.90 Å². The van der Waals surface area contributed by atoms with E-state index in [9.17, 15) is 0 Å². The molecule has 4 heteroatoms. The summed E-state index contributed by atoms with van der Waals surface area (Å²) in [6, 6.07) is 0. The predicted molar refractivity (Wildman–Crippen MR) is 98.5 cm³/mol. The molecule has 1 aliphatic carbocycles. The molecular weight excluding hydrogens is 302 g/mol. The third-order valence-corrected chi connectivity index (χ3v) is 4.96.